The first-order valence-corrected chi connectivity index (χ1v) is 9.77. The summed E-state index contributed by atoms with van der Waals surface area (Å²) in [6.45, 7) is 2.30. The van der Waals surface area contributed by atoms with E-state index in [1.165, 1.54) is 42.5 Å². The number of amides is 1. The zero-order chi connectivity index (χ0) is 19.7. The lowest BCUT2D eigenvalue weighted by Gasteiger charge is -2.10. The number of ether oxygens (including phenoxy) is 1. The van der Waals surface area contributed by atoms with Crippen LogP contribution in [0.15, 0.2) is 53.4 Å². The first-order valence-electron chi connectivity index (χ1n) is 8.29. The molecule has 0 aliphatic heterocycles. The van der Waals surface area contributed by atoms with E-state index in [1.807, 2.05) is 0 Å². The van der Waals surface area contributed by atoms with Gasteiger partial charge in [-0.2, -0.15) is 0 Å². The van der Waals surface area contributed by atoms with Gasteiger partial charge in [0.25, 0.3) is 15.9 Å². The predicted octanol–water partition coefficient (Wildman–Crippen LogP) is 2.01. The number of anilines is 1. The Morgan fingerprint density at radius 1 is 1.04 bits per heavy atom. The predicted molar refractivity (Wildman–Crippen MR) is 108 cm³/mol. The van der Waals surface area contributed by atoms with Crippen LogP contribution >= 0.6 is 12.4 Å². The summed E-state index contributed by atoms with van der Waals surface area (Å²) in [7, 11) is -2.34. The minimum atomic E-state index is -3.95. The Kier molecular flexibility index (Phi) is 9.88. The van der Waals surface area contributed by atoms with Crippen LogP contribution in [-0.4, -0.2) is 47.7 Å². The van der Waals surface area contributed by atoms with Gasteiger partial charge in [0, 0.05) is 32.3 Å². The SMILES string of the molecule is COCCNCCNC(=O)c1ccc(S(=O)(=O)Nc2ccccc2F)cc1.Cl. The number of carbonyl (C=O) groups is 1. The van der Waals surface area contributed by atoms with Crippen molar-refractivity contribution in [3.05, 3.63) is 59.9 Å². The molecule has 0 heterocycles. The summed E-state index contributed by atoms with van der Waals surface area (Å²) in [6, 6.07) is 10.9. The van der Waals surface area contributed by atoms with Crippen molar-refractivity contribution in [1.82, 2.24) is 10.6 Å². The molecule has 0 aliphatic carbocycles. The van der Waals surface area contributed by atoms with E-state index >= 15 is 0 Å². The van der Waals surface area contributed by atoms with Crippen LogP contribution in [0.3, 0.4) is 0 Å². The minimum absolute atomic E-state index is 0. The summed E-state index contributed by atoms with van der Waals surface area (Å²) < 4.78 is 45.4. The second-order valence-corrected chi connectivity index (χ2v) is 7.29. The highest BCUT2D eigenvalue weighted by Gasteiger charge is 2.16. The molecule has 0 unspecified atom stereocenters. The number of rotatable bonds is 10. The maximum Gasteiger partial charge on any atom is 0.261 e. The Hall–Kier alpha value is -2.20. The lowest BCUT2D eigenvalue weighted by atomic mass is 10.2. The summed E-state index contributed by atoms with van der Waals surface area (Å²) in [4.78, 5) is 12.0. The molecule has 28 heavy (non-hydrogen) atoms. The quantitative estimate of drug-likeness (QED) is 0.500. The number of carbonyl (C=O) groups excluding carboxylic acids is 1. The summed E-state index contributed by atoms with van der Waals surface area (Å²) in [5.41, 5.74) is 0.192. The molecule has 2 rings (SSSR count). The van der Waals surface area contributed by atoms with Crippen molar-refractivity contribution in [2.24, 2.45) is 0 Å². The van der Waals surface area contributed by atoms with E-state index in [4.69, 9.17) is 4.74 Å². The highest BCUT2D eigenvalue weighted by molar-refractivity contribution is 7.92. The third-order valence-electron chi connectivity index (χ3n) is 3.62. The third-order valence-corrected chi connectivity index (χ3v) is 5.00. The van der Waals surface area contributed by atoms with Gasteiger partial charge in [0.05, 0.1) is 17.2 Å². The van der Waals surface area contributed by atoms with E-state index in [9.17, 15) is 17.6 Å². The zero-order valence-electron chi connectivity index (χ0n) is 15.3. The maximum atomic E-state index is 13.6. The van der Waals surface area contributed by atoms with E-state index in [0.717, 1.165) is 6.07 Å². The number of nitrogens with one attached hydrogen (secondary N) is 3. The van der Waals surface area contributed by atoms with Crippen molar-refractivity contribution in [1.29, 1.82) is 0 Å². The number of hydrogen-bond donors (Lipinski definition) is 3. The molecule has 0 radical (unpaired) electrons. The molecular formula is C18H23ClFN3O4S. The van der Waals surface area contributed by atoms with Crippen LogP contribution in [0.5, 0.6) is 0 Å². The molecule has 0 fully saturated rings. The fourth-order valence-corrected chi connectivity index (χ4v) is 3.27. The fraction of sp³-hybridized carbons (Fsp3) is 0.278. The lowest BCUT2D eigenvalue weighted by Crippen LogP contribution is -2.33. The van der Waals surface area contributed by atoms with Gasteiger partial charge in [0.1, 0.15) is 5.82 Å². The lowest BCUT2D eigenvalue weighted by molar-refractivity contribution is 0.0953. The van der Waals surface area contributed by atoms with Gasteiger partial charge < -0.3 is 15.4 Å². The second-order valence-electron chi connectivity index (χ2n) is 5.61. The average molecular weight is 432 g/mol. The van der Waals surface area contributed by atoms with Gasteiger partial charge in [-0.3, -0.25) is 9.52 Å². The van der Waals surface area contributed by atoms with Gasteiger partial charge in [-0.15, -0.1) is 12.4 Å². The number of methoxy groups -OCH3 is 1. The normalized spacial score (nSPS) is 10.8. The van der Waals surface area contributed by atoms with Crippen molar-refractivity contribution < 1.29 is 22.3 Å². The first kappa shape index (κ1) is 23.8. The number of para-hydroxylation sites is 1. The maximum absolute atomic E-state index is 13.6. The molecule has 1 amide bonds. The Bertz CT molecular complexity index is 863. The third kappa shape index (κ3) is 7.08. The van der Waals surface area contributed by atoms with Crippen molar-refractivity contribution in [2.45, 2.75) is 4.90 Å². The zero-order valence-corrected chi connectivity index (χ0v) is 16.9. The van der Waals surface area contributed by atoms with Crippen molar-refractivity contribution in [2.75, 3.05) is 38.1 Å². The molecule has 0 atom stereocenters. The fourth-order valence-electron chi connectivity index (χ4n) is 2.20. The summed E-state index contributed by atoms with van der Waals surface area (Å²) in [5.74, 6) is -0.981. The standard InChI is InChI=1S/C18H22FN3O4S.ClH/c1-26-13-12-20-10-11-21-18(23)14-6-8-15(9-7-14)27(24,25)22-17-5-3-2-4-16(17)19;/h2-9,20,22H,10-13H2,1H3,(H,21,23);1H. The first-order chi connectivity index (χ1) is 12.9. The number of sulfonamides is 1. The molecule has 2 aromatic rings. The molecule has 154 valence electrons. The number of halogens is 2. The van der Waals surface area contributed by atoms with Gasteiger partial charge in [-0.25, -0.2) is 12.8 Å². The Labute approximate surface area is 170 Å². The van der Waals surface area contributed by atoms with E-state index in [0.29, 0.717) is 31.8 Å². The Morgan fingerprint density at radius 3 is 2.36 bits per heavy atom. The van der Waals surface area contributed by atoms with Crippen LogP contribution in [0.2, 0.25) is 0 Å². The molecule has 3 N–H and O–H groups in total. The molecule has 10 heteroatoms. The van der Waals surface area contributed by atoms with Crippen molar-refractivity contribution in [3.63, 3.8) is 0 Å². The van der Waals surface area contributed by atoms with Crippen LogP contribution in [0.25, 0.3) is 0 Å². The van der Waals surface area contributed by atoms with Crippen LogP contribution in [0, 0.1) is 5.82 Å². The molecule has 0 aromatic heterocycles. The van der Waals surface area contributed by atoms with Gasteiger partial charge in [0.2, 0.25) is 0 Å². The Balaban J connectivity index is 0.00000392. The topological polar surface area (TPSA) is 96.5 Å². The van der Waals surface area contributed by atoms with Gasteiger partial charge in [-0.05, 0) is 36.4 Å². The smallest absolute Gasteiger partial charge is 0.261 e. The molecule has 2 aromatic carbocycles. The highest BCUT2D eigenvalue weighted by Crippen LogP contribution is 2.19. The van der Waals surface area contributed by atoms with Gasteiger partial charge in [-0.1, -0.05) is 12.1 Å². The largest absolute Gasteiger partial charge is 0.383 e. The van der Waals surface area contributed by atoms with Crippen LogP contribution in [-0.2, 0) is 14.8 Å². The molecule has 0 saturated carbocycles. The second kappa shape index (κ2) is 11.6. The van der Waals surface area contributed by atoms with Gasteiger partial charge in [0.15, 0.2) is 0 Å². The van der Waals surface area contributed by atoms with Crippen LogP contribution in [0.4, 0.5) is 10.1 Å². The number of benzene rings is 2. The van der Waals surface area contributed by atoms with Crippen LogP contribution in [0.1, 0.15) is 10.4 Å². The van der Waals surface area contributed by atoms with Crippen LogP contribution < -0.4 is 15.4 Å². The molecule has 0 spiro atoms. The van der Waals surface area contributed by atoms with E-state index in [-0.39, 0.29) is 28.9 Å². The van der Waals surface area contributed by atoms with E-state index in [1.54, 1.807) is 7.11 Å². The molecular weight excluding hydrogens is 409 g/mol. The molecule has 0 bridgehead atoms. The monoisotopic (exact) mass is 431 g/mol. The summed E-state index contributed by atoms with van der Waals surface area (Å²) in [5, 5.41) is 5.82. The Morgan fingerprint density at radius 2 is 1.71 bits per heavy atom. The number of hydrogen-bond acceptors (Lipinski definition) is 5. The average Bonchev–Trinajstić information content (AvgIpc) is 2.66. The minimum Gasteiger partial charge on any atom is -0.383 e. The van der Waals surface area contributed by atoms with E-state index in [2.05, 4.69) is 15.4 Å². The summed E-state index contributed by atoms with van der Waals surface area (Å²) in [6.07, 6.45) is 0. The highest BCUT2D eigenvalue weighted by atomic mass is 35.5. The molecule has 0 aliphatic rings. The summed E-state index contributed by atoms with van der Waals surface area (Å²) >= 11 is 0. The molecule has 7 nitrogen and oxygen atoms in total. The van der Waals surface area contributed by atoms with Crippen molar-refractivity contribution in [3.8, 4) is 0 Å². The van der Waals surface area contributed by atoms with Gasteiger partial charge >= 0.3 is 0 Å². The molecule has 0 saturated heterocycles. The van der Waals surface area contributed by atoms with Crippen molar-refractivity contribution >= 4 is 34.0 Å². The van der Waals surface area contributed by atoms with E-state index < -0.39 is 15.8 Å².